The molecule has 0 N–H and O–H groups in total. The summed E-state index contributed by atoms with van der Waals surface area (Å²) in [5.41, 5.74) is 3.63. The molecule has 0 saturated carbocycles. The summed E-state index contributed by atoms with van der Waals surface area (Å²) in [5, 5.41) is 0.962. The average molecular weight is 465 g/mol. The van der Waals surface area contributed by atoms with Gasteiger partial charge in [0.2, 0.25) is 0 Å². The SMILES string of the molecule is CCOC(=O)[C@H]1CCCN(C(=O)c2sc3ncnc(N4CCc5ccccc5C4)c3c2C)C1. The first-order chi connectivity index (χ1) is 16.1. The lowest BCUT2D eigenvalue weighted by Gasteiger charge is -2.31. The van der Waals surface area contributed by atoms with Crippen LogP contribution in [0, 0.1) is 12.8 Å². The Bertz CT molecular complexity index is 1210. The molecule has 0 bridgehead atoms. The van der Waals surface area contributed by atoms with Crippen LogP contribution in [0.2, 0.25) is 0 Å². The van der Waals surface area contributed by atoms with Crippen LogP contribution in [-0.2, 0) is 22.5 Å². The largest absolute Gasteiger partial charge is 0.466 e. The number of carbonyl (C=O) groups excluding carboxylic acids is 2. The molecular formula is C25H28N4O3S. The molecule has 2 aromatic heterocycles. The van der Waals surface area contributed by atoms with Gasteiger partial charge >= 0.3 is 5.97 Å². The first-order valence-electron chi connectivity index (χ1n) is 11.6. The van der Waals surface area contributed by atoms with Crippen molar-refractivity contribution in [1.82, 2.24) is 14.9 Å². The topological polar surface area (TPSA) is 75.6 Å². The van der Waals surface area contributed by atoms with Crippen molar-refractivity contribution in [3.05, 3.63) is 52.2 Å². The van der Waals surface area contributed by atoms with Gasteiger partial charge in [-0.2, -0.15) is 0 Å². The van der Waals surface area contributed by atoms with E-state index in [0.29, 0.717) is 24.6 Å². The summed E-state index contributed by atoms with van der Waals surface area (Å²) in [6.07, 6.45) is 4.14. The van der Waals surface area contributed by atoms with Crippen molar-refractivity contribution in [2.75, 3.05) is 31.1 Å². The number of thiophene rings is 1. The van der Waals surface area contributed by atoms with Gasteiger partial charge in [0.25, 0.3) is 5.91 Å². The second kappa shape index (κ2) is 9.09. The summed E-state index contributed by atoms with van der Waals surface area (Å²) in [6, 6.07) is 8.53. The third-order valence-corrected chi connectivity index (χ3v) is 7.85. The number of anilines is 1. The Morgan fingerprint density at radius 1 is 1.18 bits per heavy atom. The average Bonchev–Trinajstić information content (AvgIpc) is 3.20. The molecule has 4 heterocycles. The van der Waals surface area contributed by atoms with Gasteiger partial charge in [-0.1, -0.05) is 24.3 Å². The lowest BCUT2D eigenvalue weighted by atomic mass is 9.98. The van der Waals surface area contributed by atoms with E-state index >= 15 is 0 Å². The number of aryl methyl sites for hydroxylation is 1. The fourth-order valence-corrected chi connectivity index (χ4v) is 6.04. The molecule has 2 aliphatic heterocycles. The van der Waals surface area contributed by atoms with Crippen molar-refractivity contribution in [3.8, 4) is 0 Å². The predicted octanol–water partition coefficient (Wildman–Crippen LogP) is 3.98. The highest BCUT2D eigenvalue weighted by Crippen LogP contribution is 2.37. The van der Waals surface area contributed by atoms with E-state index in [0.717, 1.165) is 53.9 Å². The third kappa shape index (κ3) is 4.08. The van der Waals surface area contributed by atoms with Gasteiger partial charge in [-0.05, 0) is 49.8 Å². The maximum absolute atomic E-state index is 13.5. The predicted molar refractivity (Wildman–Crippen MR) is 129 cm³/mol. The molecular weight excluding hydrogens is 436 g/mol. The number of amides is 1. The van der Waals surface area contributed by atoms with Crippen molar-refractivity contribution in [2.24, 2.45) is 5.92 Å². The molecule has 0 spiro atoms. The molecule has 5 rings (SSSR count). The second-order valence-electron chi connectivity index (χ2n) is 8.72. The van der Waals surface area contributed by atoms with E-state index < -0.39 is 0 Å². The van der Waals surface area contributed by atoms with E-state index in [-0.39, 0.29) is 17.8 Å². The zero-order chi connectivity index (χ0) is 22.9. The standard InChI is InChI=1S/C25H28N4O3S/c1-3-32-25(31)19-9-6-11-29(14-19)24(30)21-16(2)20-22(26-15-27-23(20)33-21)28-12-10-17-7-4-5-8-18(17)13-28/h4-5,7-8,15,19H,3,6,9-14H2,1-2H3/t19-/m0/s1. The summed E-state index contributed by atoms with van der Waals surface area (Å²) in [7, 11) is 0. The van der Waals surface area contributed by atoms with Gasteiger partial charge in [0.1, 0.15) is 17.0 Å². The van der Waals surface area contributed by atoms with Crippen molar-refractivity contribution in [2.45, 2.75) is 39.7 Å². The minimum atomic E-state index is -0.249. The van der Waals surface area contributed by atoms with Crippen LogP contribution in [0.4, 0.5) is 5.82 Å². The fourth-order valence-electron chi connectivity index (χ4n) is 4.93. The number of hydrogen-bond acceptors (Lipinski definition) is 7. The monoisotopic (exact) mass is 464 g/mol. The van der Waals surface area contributed by atoms with E-state index in [4.69, 9.17) is 4.74 Å². The first-order valence-corrected chi connectivity index (χ1v) is 12.4. The van der Waals surface area contributed by atoms with E-state index in [1.54, 1.807) is 11.2 Å². The van der Waals surface area contributed by atoms with Crippen LogP contribution >= 0.6 is 11.3 Å². The van der Waals surface area contributed by atoms with Crippen molar-refractivity contribution >= 4 is 39.2 Å². The molecule has 1 amide bonds. The molecule has 1 aromatic carbocycles. The Balaban J connectivity index is 1.43. The molecule has 2 aliphatic rings. The van der Waals surface area contributed by atoms with Crippen LogP contribution in [0.1, 0.15) is 46.1 Å². The number of rotatable bonds is 4. The van der Waals surface area contributed by atoms with Crippen LogP contribution in [-0.4, -0.2) is 53.0 Å². The number of piperidine rings is 1. The van der Waals surface area contributed by atoms with Gasteiger partial charge in [0.05, 0.1) is 22.8 Å². The molecule has 0 radical (unpaired) electrons. The smallest absolute Gasteiger partial charge is 0.310 e. The highest BCUT2D eigenvalue weighted by atomic mass is 32.1. The van der Waals surface area contributed by atoms with Crippen molar-refractivity contribution < 1.29 is 14.3 Å². The number of ether oxygens (including phenoxy) is 1. The Morgan fingerprint density at radius 3 is 2.82 bits per heavy atom. The quantitative estimate of drug-likeness (QED) is 0.544. The number of benzene rings is 1. The van der Waals surface area contributed by atoms with Gasteiger partial charge in [-0.3, -0.25) is 9.59 Å². The van der Waals surface area contributed by atoms with Gasteiger partial charge in [-0.15, -0.1) is 11.3 Å². The summed E-state index contributed by atoms with van der Waals surface area (Å²) >= 11 is 1.42. The summed E-state index contributed by atoms with van der Waals surface area (Å²) in [4.78, 5) is 40.5. The zero-order valence-corrected chi connectivity index (χ0v) is 19.9. The lowest BCUT2D eigenvalue weighted by Crippen LogP contribution is -2.42. The van der Waals surface area contributed by atoms with Crippen molar-refractivity contribution in [3.63, 3.8) is 0 Å². The highest BCUT2D eigenvalue weighted by molar-refractivity contribution is 7.20. The molecule has 1 fully saturated rings. The van der Waals surface area contributed by atoms with E-state index in [2.05, 4.69) is 39.1 Å². The third-order valence-electron chi connectivity index (χ3n) is 6.66. The first kappa shape index (κ1) is 21.8. The molecule has 3 aromatic rings. The van der Waals surface area contributed by atoms with E-state index in [1.807, 2.05) is 13.8 Å². The zero-order valence-electron chi connectivity index (χ0n) is 19.0. The summed E-state index contributed by atoms with van der Waals surface area (Å²) in [5.74, 6) is 0.410. The van der Waals surface area contributed by atoms with Gasteiger partial charge in [0, 0.05) is 26.2 Å². The van der Waals surface area contributed by atoms with Gasteiger partial charge in [0.15, 0.2) is 0 Å². The number of likely N-dealkylation sites (tertiary alicyclic amines) is 1. The minimum Gasteiger partial charge on any atom is -0.466 e. The number of carbonyl (C=O) groups is 2. The molecule has 0 aliphatic carbocycles. The minimum absolute atomic E-state index is 0.0283. The Hall–Kier alpha value is -3.00. The van der Waals surface area contributed by atoms with Crippen LogP contribution in [0.5, 0.6) is 0 Å². The molecule has 172 valence electrons. The Labute approximate surface area is 197 Å². The summed E-state index contributed by atoms with van der Waals surface area (Å²) < 4.78 is 5.20. The lowest BCUT2D eigenvalue weighted by molar-refractivity contribution is -0.149. The van der Waals surface area contributed by atoms with E-state index in [9.17, 15) is 9.59 Å². The van der Waals surface area contributed by atoms with Gasteiger partial charge in [-0.25, -0.2) is 9.97 Å². The molecule has 1 saturated heterocycles. The van der Waals surface area contributed by atoms with Crippen LogP contribution in [0.25, 0.3) is 10.2 Å². The molecule has 7 nitrogen and oxygen atoms in total. The molecule has 1 atom stereocenters. The Morgan fingerprint density at radius 2 is 2.00 bits per heavy atom. The molecule has 8 heteroatoms. The number of fused-ring (bicyclic) bond motifs is 2. The number of hydrogen-bond donors (Lipinski definition) is 0. The van der Waals surface area contributed by atoms with Gasteiger partial charge < -0.3 is 14.5 Å². The fraction of sp³-hybridized carbons (Fsp3) is 0.440. The molecule has 0 unspecified atom stereocenters. The number of aromatic nitrogens is 2. The van der Waals surface area contributed by atoms with E-state index in [1.165, 1.54) is 22.5 Å². The second-order valence-corrected chi connectivity index (χ2v) is 9.72. The highest BCUT2D eigenvalue weighted by Gasteiger charge is 2.32. The maximum atomic E-state index is 13.5. The van der Waals surface area contributed by atoms with Crippen LogP contribution in [0.3, 0.4) is 0 Å². The van der Waals surface area contributed by atoms with Crippen LogP contribution < -0.4 is 4.90 Å². The maximum Gasteiger partial charge on any atom is 0.310 e. The van der Waals surface area contributed by atoms with Crippen LogP contribution in [0.15, 0.2) is 30.6 Å². The number of nitrogens with zero attached hydrogens (tertiary/aromatic N) is 4. The normalized spacial score (nSPS) is 18.3. The molecule has 33 heavy (non-hydrogen) atoms. The summed E-state index contributed by atoms with van der Waals surface area (Å²) in [6.45, 7) is 6.91. The van der Waals surface area contributed by atoms with Crippen molar-refractivity contribution in [1.29, 1.82) is 0 Å². The number of esters is 1. The Kier molecular flexibility index (Phi) is 6.01.